The Kier molecular flexibility index (Phi) is 5.22. The molecule has 2 heterocycles. The van der Waals surface area contributed by atoms with E-state index in [1.807, 2.05) is 12.1 Å². The van der Waals surface area contributed by atoms with Crippen molar-refractivity contribution in [2.75, 3.05) is 4.90 Å². The molecule has 0 bridgehead atoms. The van der Waals surface area contributed by atoms with Crippen molar-refractivity contribution in [3.63, 3.8) is 0 Å². The number of aromatic nitrogens is 1. The number of aliphatic hydroxyl groups excluding tert-OH is 1. The first-order chi connectivity index (χ1) is 14.0. The van der Waals surface area contributed by atoms with Gasteiger partial charge in [-0.15, -0.1) is 0 Å². The van der Waals surface area contributed by atoms with Gasteiger partial charge in [0.05, 0.1) is 11.6 Å². The molecule has 1 aliphatic rings. The molecule has 1 atom stereocenters. The van der Waals surface area contributed by atoms with Crippen LogP contribution in [0.25, 0.3) is 5.76 Å². The zero-order chi connectivity index (χ0) is 20.5. The first kappa shape index (κ1) is 19.4. The molecular weight excluding hydrogens is 456 g/mol. The predicted octanol–water partition coefficient (Wildman–Crippen LogP) is 5.12. The molecule has 2 aromatic carbocycles. The van der Waals surface area contributed by atoms with Crippen LogP contribution in [0.4, 0.5) is 5.82 Å². The molecule has 0 radical (unpaired) electrons. The second-order valence-corrected chi connectivity index (χ2v) is 7.77. The van der Waals surface area contributed by atoms with E-state index in [9.17, 15) is 14.7 Å². The number of ketones is 1. The molecule has 4 rings (SSSR count). The normalized spacial score (nSPS) is 18.3. The van der Waals surface area contributed by atoms with Gasteiger partial charge >= 0.3 is 5.91 Å². The summed E-state index contributed by atoms with van der Waals surface area (Å²) in [6, 6.07) is 18.0. The van der Waals surface area contributed by atoms with E-state index in [0.717, 1.165) is 4.47 Å². The van der Waals surface area contributed by atoms with Crippen LogP contribution in [-0.2, 0) is 9.59 Å². The largest absolute Gasteiger partial charge is 0.507 e. The predicted molar refractivity (Wildman–Crippen MR) is 115 cm³/mol. The quantitative estimate of drug-likeness (QED) is 0.328. The smallest absolute Gasteiger partial charge is 0.301 e. The number of halogens is 2. The fraction of sp³-hybridized carbons (Fsp3) is 0.0455. The minimum absolute atomic E-state index is 0.00491. The molecule has 1 fully saturated rings. The highest BCUT2D eigenvalue weighted by Gasteiger charge is 2.47. The van der Waals surface area contributed by atoms with E-state index >= 15 is 0 Å². The third-order valence-corrected chi connectivity index (χ3v) is 5.42. The lowest BCUT2D eigenvalue weighted by atomic mass is 9.95. The lowest BCUT2D eigenvalue weighted by Crippen LogP contribution is -2.30. The molecule has 3 aromatic rings. The van der Waals surface area contributed by atoms with E-state index in [0.29, 0.717) is 22.0 Å². The molecule has 1 N–H and O–H groups in total. The van der Waals surface area contributed by atoms with Crippen molar-refractivity contribution in [2.45, 2.75) is 6.04 Å². The summed E-state index contributed by atoms with van der Waals surface area (Å²) in [7, 11) is 0. The molecule has 7 heteroatoms. The fourth-order valence-corrected chi connectivity index (χ4v) is 3.68. The van der Waals surface area contributed by atoms with Gasteiger partial charge in [0.1, 0.15) is 11.6 Å². The monoisotopic (exact) mass is 468 g/mol. The van der Waals surface area contributed by atoms with Crippen molar-refractivity contribution in [2.24, 2.45) is 0 Å². The molecular formula is C22H14BrClN2O3. The summed E-state index contributed by atoms with van der Waals surface area (Å²) >= 11 is 9.32. The third kappa shape index (κ3) is 3.57. The SMILES string of the molecule is O=C1C(=O)N(c2ccccn2)C(c2ccc(Br)cc2)/C1=C(/O)c1ccc(Cl)cc1. The summed E-state index contributed by atoms with van der Waals surface area (Å²) in [6.45, 7) is 0. The van der Waals surface area contributed by atoms with Crippen LogP contribution in [0, 0.1) is 0 Å². The van der Waals surface area contributed by atoms with Gasteiger partial charge in [0.2, 0.25) is 0 Å². The maximum absolute atomic E-state index is 12.9. The number of carbonyl (C=O) groups is 2. The van der Waals surface area contributed by atoms with Crippen LogP contribution < -0.4 is 4.90 Å². The standard InChI is InChI=1S/C22H14BrClN2O3/c23-15-8-4-13(5-9-15)19-18(20(27)14-6-10-16(24)11-7-14)21(28)22(29)26(19)17-3-1-2-12-25-17/h1-12,19,27H/b20-18-. The van der Waals surface area contributed by atoms with Gasteiger partial charge in [-0.25, -0.2) is 4.98 Å². The topological polar surface area (TPSA) is 70.5 Å². The van der Waals surface area contributed by atoms with E-state index < -0.39 is 17.7 Å². The van der Waals surface area contributed by atoms with E-state index in [4.69, 9.17) is 11.6 Å². The Morgan fingerprint density at radius 3 is 2.31 bits per heavy atom. The number of carbonyl (C=O) groups excluding carboxylic acids is 2. The Morgan fingerprint density at radius 2 is 1.69 bits per heavy atom. The highest BCUT2D eigenvalue weighted by atomic mass is 79.9. The molecule has 5 nitrogen and oxygen atoms in total. The molecule has 0 aliphatic carbocycles. The van der Waals surface area contributed by atoms with Gasteiger partial charge in [0, 0.05) is 21.3 Å². The second-order valence-electron chi connectivity index (χ2n) is 6.42. The van der Waals surface area contributed by atoms with Crippen LogP contribution in [0.5, 0.6) is 0 Å². The number of rotatable bonds is 3. The average Bonchev–Trinajstić information content (AvgIpc) is 3.00. The Balaban J connectivity index is 1.94. The summed E-state index contributed by atoms with van der Waals surface area (Å²) < 4.78 is 0.855. The lowest BCUT2D eigenvalue weighted by molar-refractivity contribution is -0.132. The molecule has 1 saturated heterocycles. The van der Waals surface area contributed by atoms with Crippen LogP contribution in [0.3, 0.4) is 0 Å². The van der Waals surface area contributed by atoms with Crippen molar-refractivity contribution in [3.05, 3.63) is 99.1 Å². The van der Waals surface area contributed by atoms with Gasteiger partial charge in [0.25, 0.3) is 5.78 Å². The second kappa shape index (κ2) is 7.81. The first-order valence-electron chi connectivity index (χ1n) is 8.71. The number of anilines is 1. The molecule has 1 unspecified atom stereocenters. The van der Waals surface area contributed by atoms with Gasteiger partial charge in [-0.05, 0) is 54.1 Å². The number of hydrogen-bond donors (Lipinski definition) is 1. The maximum Gasteiger partial charge on any atom is 0.301 e. The van der Waals surface area contributed by atoms with Crippen LogP contribution in [0.1, 0.15) is 17.2 Å². The van der Waals surface area contributed by atoms with Crippen molar-refractivity contribution in [1.82, 2.24) is 4.98 Å². The van der Waals surface area contributed by atoms with Gasteiger partial charge in [0.15, 0.2) is 0 Å². The number of hydrogen-bond acceptors (Lipinski definition) is 4. The number of pyridine rings is 1. The number of benzene rings is 2. The third-order valence-electron chi connectivity index (χ3n) is 4.64. The molecule has 1 amide bonds. The van der Waals surface area contributed by atoms with E-state index in [-0.39, 0.29) is 11.3 Å². The van der Waals surface area contributed by atoms with Gasteiger partial charge in [-0.1, -0.05) is 45.7 Å². The summed E-state index contributed by atoms with van der Waals surface area (Å²) in [5.74, 6) is -1.44. The Hall–Kier alpha value is -2.96. The van der Waals surface area contributed by atoms with E-state index in [1.165, 1.54) is 4.90 Å². The Morgan fingerprint density at radius 1 is 1.00 bits per heavy atom. The van der Waals surface area contributed by atoms with Crippen LogP contribution >= 0.6 is 27.5 Å². The maximum atomic E-state index is 12.9. The Labute approximate surface area is 180 Å². The summed E-state index contributed by atoms with van der Waals surface area (Å²) in [5.41, 5.74) is 1.08. The minimum Gasteiger partial charge on any atom is -0.507 e. The van der Waals surface area contributed by atoms with Crippen LogP contribution in [0.2, 0.25) is 5.02 Å². The van der Waals surface area contributed by atoms with Gasteiger partial charge in [-0.2, -0.15) is 0 Å². The van der Waals surface area contributed by atoms with Crippen LogP contribution in [-0.4, -0.2) is 21.8 Å². The number of amides is 1. The molecule has 1 aromatic heterocycles. The van der Waals surface area contributed by atoms with Gasteiger partial charge < -0.3 is 5.11 Å². The number of nitrogens with zero attached hydrogens (tertiary/aromatic N) is 2. The molecule has 0 saturated carbocycles. The summed E-state index contributed by atoms with van der Waals surface area (Å²) in [4.78, 5) is 31.4. The van der Waals surface area contributed by atoms with E-state index in [2.05, 4.69) is 20.9 Å². The lowest BCUT2D eigenvalue weighted by Gasteiger charge is -2.24. The highest BCUT2D eigenvalue weighted by Crippen LogP contribution is 2.41. The van der Waals surface area contributed by atoms with Crippen LogP contribution in [0.15, 0.2) is 83.0 Å². The zero-order valence-corrected chi connectivity index (χ0v) is 17.3. The van der Waals surface area contributed by atoms with Crippen molar-refractivity contribution in [1.29, 1.82) is 0 Å². The molecule has 1 aliphatic heterocycles. The first-order valence-corrected chi connectivity index (χ1v) is 9.88. The highest BCUT2D eigenvalue weighted by molar-refractivity contribution is 9.10. The van der Waals surface area contributed by atoms with Gasteiger partial charge in [-0.3, -0.25) is 14.5 Å². The molecule has 29 heavy (non-hydrogen) atoms. The Bertz CT molecular complexity index is 1110. The summed E-state index contributed by atoms with van der Waals surface area (Å²) in [5, 5.41) is 11.5. The number of aliphatic hydroxyl groups is 1. The minimum atomic E-state index is -0.811. The summed E-state index contributed by atoms with van der Waals surface area (Å²) in [6.07, 6.45) is 1.55. The van der Waals surface area contributed by atoms with E-state index in [1.54, 1.807) is 60.8 Å². The fourth-order valence-electron chi connectivity index (χ4n) is 3.29. The molecule has 144 valence electrons. The molecule has 0 spiro atoms. The van der Waals surface area contributed by atoms with Crippen molar-refractivity contribution >= 4 is 50.8 Å². The van der Waals surface area contributed by atoms with Crippen molar-refractivity contribution < 1.29 is 14.7 Å². The zero-order valence-electron chi connectivity index (χ0n) is 14.9. The number of Topliss-reactive ketones (excluding diaryl/α,β-unsaturated/α-hetero) is 1. The van der Waals surface area contributed by atoms with Crippen molar-refractivity contribution in [3.8, 4) is 0 Å². The average molecular weight is 470 g/mol.